The van der Waals surface area contributed by atoms with Gasteiger partial charge in [0, 0.05) is 13.2 Å². The van der Waals surface area contributed by atoms with Crippen molar-refractivity contribution in [2.45, 2.75) is 25.7 Å². The molecule has 2 rings (SSSR count). The van der Waals surface area contributed by atoms with E-state index in [-0.39, 0.29) is 19.0 Å². The molecule has 0 aliphatic carbocycles. The predicted molar refractivity (Wildman–Crippen MR) is 124 cm³/mol. The van der Waals surface area contributed by atoms with E-state index in [1.807, 2.05) is 12.1 Å². The van der Waals surface area contributed by atoms with Crippen molar-refractivity contribution in [3.05, 3.63) is 40.6 Å². The van der Waals surface area contributed by atoms with E-state index in [2.05, 4.69) is 42.5 Å². The number of thiophene rings is 2. The molecule has 5 nitrogen and oxygen atoms in total. The molecule has 0 saturated carbocycles. The minimum absolute atomic E-state index is 0.0853. The smallest absolute Gasteiger partial charge is 0.213 e. The summed E-state index contributed by atoms with van der Waals surface area (Å²) in [7, 11) is 0. The molecular formula is C19H26Br2N2O3S2. The summed E-state index contributed by atoms with van der Waals surface area (Å²) in [6, 6.07) is 4.06. The van der Waals surface area contributed by atoms with E-state index in [4.69, 9.17) is 10.2 Å². The van der Waals surface area contributed by atoms with Crippen molar-refractivity contribution in [2.24, 2.45) is 0 Å². The number of carbonyl (C=O) groups excluding carboxylic acids is 1. The third-order valence-electron chi connectivity index (χ3n) is 4.14. The third-order valence-corrected chi connectivity index (χ3v) is 7.49. The number of carbonyl (C=O) groups is 1. The van der Waals surface area contributed by atoms with Gasteiger partial charge in [-0.25, -0.2) is 0 Å². The molecule has 0 spiro atoms. The van der Waals surface area contributed by atoms with Crippen molar-refractivity contribution in [3.8, 4) is 0 Å². The molecular weight excluding hydrogens is 528 g/mol. The molecule has 0 unspecified atom stereocenters. The van der Waals surface area contributed by atoms with Crippen LogP contribution in [0.4, 0.5) is 0 Å². The second-order valence-electron chi connectivity index (χ2n) is 6.29. The average molecular weight is 554 g/mol. The maximum absolute atomic E-state index is 13.3. The first-order valence-corrected chi connectivity index (χ1v) is 12.5. The molecule has 0 bridgehead atoms. The fraction of sp³-hybridized carbons (Fsp3) is 0.526. The third kappa shape index (κ3) is 7.60. The summed E-state index contributed by atoms with van der Waals surface area (Å²) in [6.07, 6.45) is 3.02. The average Bonchev–Trinajstić information content (AvgIpc) is 3.23. The topological polar surface area (TPSA) is 81.6 Å². The first kappa shape index (κ1) is 24.1. The molecule has 0 amide bonds. The molecule has 0 aliphatic heterocycles. The molecule has 156 valence electrons. The Kier molecular flexibility index (Phi) is 11.4. The van der Waals surface area contributed by atoms with Gasteiger partial charge in [-0.1, -0.05) is 0 Å². The molecule has 9 heteroatoms. The second kappa shape index (κ2) is 13.2. The van der Waals surface area contributed by atoms with Gasteiger partial charge in [0.1, 0.15) is 0 Å². The van der Waals surface area contributed by atoms with Gasteiger partial charge in [0.2, 0.25) is 5.78 Å². The largest absolute Gasteiger partial charge is 0.396 e. The van der Waals surface area contributed by atoms with Gasteiger partial charge >= 0.3 is 0 Å². The highest BCUT2D eigenvalue weighted by Gasteiger charge is 2.22. The van der Waals surface area contributed by atoms with Crippen molar-refractivity contribution in [1.82, 2.24) is 10.6 Å². The van der Waals surface area contributed by atoms with E-state index in [1.54, 1.807) is 0 Å². The van der Waals surface area contributed by atoms with Crippen molar-refractivity contribution in [1.29, 1.82) is 0 Å². The zero-order valence-electron chi connectivity index (χ0n) is 15.6. The van der Waals surface area contributed by atoms with Gasteiger partial charge in [-0.3, -0.25) is 4.79 Å². The number of aliphatic hydroxyl groups is 2. The van der Waals surface area contributed by atoms with Gasteiger partial charge in [0.25, 0.3) is 0 Å². The number of aliphatic hydroxyl groups excluding tert-OH is 2. The van der Waals surface area contributed by atoms with Crippen LogP contribution in [0.5, 0.6) is 0 Å². The van der Waals surface area contributed by atoms with Crippen molar-refractivity contribution in [2.75, 3.05) is 39.4 Å². The van der Waals surface area contributed by atoms with Crippen molar-refractivity contribution in [3.63, 3.8) is 0 Å². The predicted octanol–water partition coefficient (Wildman–Crippen LogP) is 3.59. The van der Waals surface area contributed by atoms with Crippen LogP contribution in [0.1, 0.15) is 38.5 Å². The zero-order valence-corrected chi connectivity index (χ0v) is 20.4. The molecule has 4 N–H and O–H groups in total. The summed E-state index contributed by atoms with van der Waals surface area (Å²) in [6.45, 7) is 3.47. The van der Waals surface area contributed by atoms with Crippen LogP contribution in [0.15, 0.2) is 19.7 Å². The SMILES string of the molecule is O=C(c1sc(Br)cc1CCNCCCO)c1sc(Br)cc1CCNCCCO. The molecule has 0 atom stereocenters. The van der Waals surface area contributed by atoms with Crippen LogP contribution >= 0.6 is 54.5 Å². The lowest BCUT2D eigenvalue weighted by Crippen LogP contribution is -2.20. The van der Waals surface area contributed by atoms with Crippen LogP contribution in [0.25, 0.3) is 0 Å². The lowest BCUT2D eigenvalue weighted by molar-refractivity contribution is 0.104. The van der Waals surface area contributed by atoms with E-state index in [9.17, 15) is 4.79 Å². The van der Waals surface area contributed by atoms with E-state index < -0.39 is 0 Å². The number of hydrogen-bond donors (Lipinski definition) is 4. The highest BCUT2D eigenvalue weighted by molar-refractivity contribution is 9.11. The maximum Gasteiger partial charge on any atom is 0.213 e. The van der Waals surface area contributed by atoms with E-state index in [0.717, 1.165) is 80.3 Å². The van der Waals surface area contributed by atoms with E-state index >= 15 is 0 Å². The number of ketones is 1. The molecule has 2 heterocycles. The molecule has 0 fully saturated rings. The normalized spacial score (nSPS) is 11.3. The summed E-state index contributed by atoms with van der Waals surface area (Å²) in [5.74, 6) is 0.0853. The Morgan fingerprint density at radius 1 is 0.821 bits per heavy atom. The Hall–Kier alpha value is -0.130. The second-order valence-corrected chi connectivity index (χ2v) is 11.2. The zero-order chi connectivity index (χ0) is 20.4. The Morgan fingerprint density at radius 2 is 1.25 bits per heavy atom. The Labute approximate surface area is 190 Å². The van der Waals surface area contributed by atoms with Gasteiger partial charge in [0.05, 0.1) is 17.3 Å². The first-order valence-electron chi connectivity index (χ1n) is 9.31. The molecule has 0 aliphatic rings. The molecule has 28 heavy (non-hydrogen) atoms. The summed E-state index contributed by atoms with van der Waals surface area (Å²) < 4.78 is 1.92. The Balaban J connectivity index is 2.05. The van der Waals surface area contributed by atoms with E-state index in [1.165, 1.54) is 22.7 Å². The lowest BCUT2D eigenvalue weighted by Gasteiger charge is -2.07. The molecule has 2 aromatic rings. The molecule has 2 aromatic heterocycles. The fourth-order valence-electron chi connectivity index (χ4n) is 2.75. The summed E-state index contributed by atoms with van der Waals surface area (Å²) >= 11 is 10.0. The number of rotatable bonds is 14. The highest BCUT2D eigenvalue weighted by Crippen LogP contribution is 2.34. The van der Waals surface area contributed by atoms with Crippen LogP contribution in [0.2, 0.25) is 0 Å². The quantitative estimate of drug-likeness (QED) is 0.212. The van der Waals surface area contributed by atoms with Crippen LogP contribution in [0, 0.1) is 0 Å². The number of nitrogens with one attached hydrogen (secondary N) is 2. The van der Waals surface area contributed by atoms with Gasteiger partial charge in [0.15, 0.2) is 0 Å². The highest BCUT2D eigenvalue weighted by atomic mass is 79.9. The van der Waals surface area contributed by atoms with Gasteiger partial charge < -0.3 is 20.8 Å². The summed E-state index contributed by atoms with van der Waals surface area (Å²) in [4.78, 5) is 14.8. The first-order chi connectivity index (χ1) is 13.6. The van der Waals surface area contributed by atoms with Crippen molar-refractivity contribution < 1.29 is 15.0 Å². The Morgan fingerprint density at radius 3 is 1.64 bits per heavy atom. The molecule has 0 saturated heterocycles. The Bertz CT molecular complexity index is 689. The molecule has 0 radical (unpaired) electrons. The van der Waals surface area contributed by atoms with Crippen LogP contribution in [-0.4, -0.2) is 55.4 Å². The number of hydrogen-bond acceptors (Lipinski definition) is 7. The minimum atomic E-state index is 0.0853. The van der Waals surface area contributed by atoms with Gasteiger partial charge in [-0.2, -0.15) is 0 Å². The number of halogens is 2. The fourth-order valence-corrected chi connectivity index (χ4v) is 6.11. The summed E-state index contributed by atoms with van der Waals surface area (Å²) in [5, 5.41) is 24.3. The van der Waals surface area contributed by atoms with Crippen LogP contribution < -0.4 is 10.6 Å². The minimum Gasteiger partial charge on any atom is -0.396 e. The van der Waals surface area contributed by atoms with Crippen molar-refractivity contribution >= 4 is 60.3 Å². The summed E-state index contributed by atoms with van der Waals surface area (Å²) in [5.41, 5.74) is 2.10. The monoisotopic (exact) mass is 552 g/mol. The van der Waals surface area contributed by atoms with E-state index in [0.29, 0.717) is 0 Å². The standard InChI is InChI=1S/C19H26Br2N2O3S2/c20-15-11-13(3-7-22-5-1-9-24)18(27-15)17(26)19-14(12-16(21)28-19)4-8-23-6-2-10-25/h11-12,22-25H,1-10H2. The van der Waals surface area contributed by atoms with Gasteiger partial charge in [-0.15, -0.1) is 22.7 Å². The van der Waals surface area contributed by atoms with Gasteiger partial charge in [-0.05, 0) is 107 Å². The van der Waals surface area contributed by atoms with Crippen LogP contribution in [-0.2, 0) is 12.8 Å². The van der Waals surface area contributed by atoms with Crippen LogP contribution in [0.3, 0.4) is 0 Å². The maximum atomic E-state index is 13.3. The lowest BCUT2D eigenvalue weighted by atomic mass is 10.1. The molecule has 0 aromatic carbocycles.